The Labute approximate surface area is 165 Å². The number of thioether (sulfide) groups is 1. The van der Waals surface area contributed by atoms with Crippen molar-refractivity contribution >= 4 is 41.0 Å². The lowest BCUT2D eigenvalue weighted by Gasteiger charge is -2.07. The molecule has 0 unspecified atom stereocenters. The van der Waals surface area contributed by atoms with Crippen molar-refractivity contribution in [3.8, 4) is 0 Å². The van der Waals surface area contributed by atoms with Crippen molar-refractivity contribution in [2.45, 2.75) is 51.9 Å². The Hall–Kier alpha value is -1.46. The molecular formula is C20H29ClN2O2S. The number of carbonyl (C=O) groups excluding carboxylic acids is 1. The van der Waals surface area contributed by atoms with Crippen LogP contribution in [0.4, 0.5) is 0 Å². The highest BCUT2D eigenvalue weighted by Gasteiger charge is 2.05. The molecule has 0 radical (unpaired) electrons. The first kappa shape index (κ1) is 22.6. The molecule has 144 valence electrons. The third-order valence-corrected chi connectivity index (χ3v) is 5.26. The van der Waals surface area contributed by atoms with E-state index in [1.807, 2.05) is 18.2 Å². The van der Waals surface area contributed by atoms with Crippen LogP contribution in [0.1, 0.15) is 50.3 Å². The highest BCUT2D eigenvalue weighted by molar-refractivity contribution is 7.99. The molecule has 0 atom stereocenters. The normalized spacial score (nSPS) is 10.7. The molecular weight excluding hydrogens is 368 g/mol. The van der Waals surface area contributed by atoms with E-state index in [0.29, 0.717) is 5.75 Å². The SMILES string of the molecule is CCCCCCCc1cc(=O)c2cc(CCSCC(N)=O)ccc2[nH]1.Cl. The molecule has 0 bridgehead atoms. The molecule has 26 heavy (non-hydrogen) atoms. The number of aryl methyl sites for hydroxylation is 2. The molecule has 1 aromatic heterocycles. The second-order valence-electron chi connectivity index (χ2n) is 6.47. The van der Waals surface area contributed by atoms with Crippen molar-refractivity contribution in [1.29, 1.82) is 0 Å². The lowest BCUT2D eigenvalue weighted by atomic mass is 10.1. The molecule has 1 amide bonds. The Morgan fingerprint density at radius 1 is 1.12 bits per heavy atom. The van der Waals surface area contributed by atoms with Gasteiger partial charge in [-0.3, -0.25) is 9.59 Å². The van der Waals surface area contributed by atoms with Crippen LogP contribution < -0.4 is 11.2 Å². The summed E-state index contributed by atoms with van der Waals surface area (Å²) in [5.41, 5.74) is 8.27. The van der Waals surface area contributed by atoms with Crippen molar-refractivity contribution in [2.75, 3.05) is 11.5 Å². The molecule has 0 aliphatic rings. The molecule has 2 aromatic rings. The number of aromatic nitrogens is 1. The molecule has 0 aliphatic heterocycles. The minimum Gasteiger partial charge on any atom is -0.369 e. The van der Waals surface area contributed by atoms with Crippen LogP contribution in [0.15, 0.2) is 29.1 Å². The summed E-state index contributed by atoms with van der Waals surface area (Å²) in [4.78, 5) is 26.6. The number of H-pyrrole nitrogens is 1. The van der Waals surface area contributed by atoms with Crippen molar-refractivity contribution < 1.29 is 4.79 Å². The number of pyridine rings is 1. The van der Waals surface area contributed by atoms with E-state index in [9.17, 15) is 9.59 Å². The number of carbonyl (C=O) groups is 1. The Bertz CT molecular complexity index is 761. The van der Waals surface area contributed by atoms with E-state index in [0.717, 1.165) is 47.2 Å². The number of aromatic amines is 1. The molecule has 4 nitrogen and oxygen atoms in total. The molecule has 0 saturated heterocycles. The first-order valence-electron chi connectivity index (χ1n) is 9.11. The molecule has 0 fully saturated rings. The Kier molecular flexibility index (Phi) is 10.4. The minimum atomic E-state index is -0.290. The number of nitrogens with one attached hydrogen (secondary N) is 1. The Balaban J connectivity index is 0.00000338. The second-order valence-corrected chi connectivity index (χ2v) is 7.58. The number of halogens is 1. The predicted molar refractivity (Wildman–Crippen MR) is 115 cm³/mol. The summed E-state index contributed by atoms with van der Waals surface area (Å²) in [6, 6.07) is 7.75. The topological polar surface area (TPSA) is 76.0 Å². The summed E-state index contributed by atoms with van der Waals surface area (Å²) in [5.74, 6) is 0.875. The number of fused-ring (bicyclic) bond motifs is 1. The van der Waals surface area contributed by atoms with Gasteiger partial charge in [0.2, 0.25) is 5.91 Å². The maximum Gasteiger partial charge on any atom is 0.227 e. The number of amides is 1. The van der Waals surface area contributed by atoms with Gasteiger partial charge in [-0.25, -0.2) is 0 Å². The van der Waals surface area contributed by atoms with E-state index in [-0.39, 0.29) is 23.7 Å². The molecule has 6 heteroatoms. The van der Waals surface area contributed by atoms with Gasteiger partial charge in [0.15, 0.2) is 5.43 Å². The number of unbranched alkanes of at least 4 members (excludes halogenated alkanes) is 4. The number of hydrogen-bond donors (Lipinski definition) is 2. The molecule has 0 saturated carbocycles. The van der Waals surface area contributed by atoms with Crippen LogP contribution in [-0.2, 0) is 17.6 Å². The first-order valence-corrected chi connectivity index (χ1v) is 10.3. The standard InChI is InChI=1S/C20H28N2O2S.ClH/c1-2-3-4-5-6-7-16-13-19(23)17-12-15(8-9-18(17)22-16)10-11-25-14-20(21)24;/h8-9,12-13H,2-7,10-11,14H2,1H3,(H2,21,24)(H,22,23);1H. The molecule has 3 N–H and O–H groups in total. The fourth-order valence-corrected chi connectivity index (χ4v) is 3.65. The Morgan fingerprint density at radius 2 is 1.88 bits per heavy atom. The van der Waals surface area contributed by atoms with Crippen LogP contribution >= 0.6 is 24.2 Å². The lowest BCUT2D eigenvalue weighted by Crippen LogP contribution is -2.13. The quantitative estimate of drug-likeness (QED) is 0.558. The summed E-state index contributed by atoms with van der Waals surface area (Å²) in [5, 5.41) is 0.743. The van der Waals surface area contributed by atoms with E-state index in [1.165, 1.54) is 37.4 Å². The maximum absolute atomic E-state index is 12.4. The van der Waals surface area contributed by atoms with Crippen LogP contribution in [-0.4, -0.2) is 22.4 Å². The third kappa shape index (κ3) is 7.42. The van der Waals surface area contributed by atoms with Crippen molar-refractivity contribution in [3.63, 3.8) is 0 Å². The van der Waals surface area contributed by atoms with E-state index >= 15 is 0 Å². The molecule has 1 aromatic carbocycles. The highest BCUT2D eigenvalue weighted by atomic mass is 35.5. The van der Waals surface area contributed by atoms with Gasteiger partial charge in [0.1, 0.15) is 0 Å². The van der Waals surface area contributed by atoms with Crippen LogP contribution in [0, 0.1) is 0 Å². The van der Waals surface area contributed by atoms with Gasteiger partial charge in [0.05, 0.1) is 5.75 Å². The third-order valence-electron chi connectivity index (χ3n) is 4.28. The van der Waals surface area contributed by atoms with E-state index in [4.69, 9.17) is 5.73 Å². The first-order chi connectivity index (χ1) is 12.1. The van der Waals surface area contributed by atoms with Gasteiger partial charge < -0.3 is 10.7 Å². The predicted octanol–water partition coefficient (Wildman–Crippen LogP) is 4.22. The van der Waals surface area contributed by atoms with Gasteiger partial charge in [-0.15, -0.1) is 12.4 Å². The Morgan fingerprint density at radius 3 is 2.62 bits per heavy atom. The number of nitrogens with two attached hydrogens (primary N) is 1. The molecule has 1 heterocycles. The van der Waals surface area contributed by atoms with Gasteiger partial charge in [0.25, 0.3) is 0 Å². The van der Waals surface area contributed by atoms with Gasteiger partial charge in [-0.05, 0) is 42.7 Å². The zero-order valence-corrected chi connectivity index (χ0v) is 17.0. The van der Waals surface area contributed by atoms with E-state index in [1.54, 1.807) is 6.07 Å². The largest absolute Gasteiger partial charge is 0.369 e. The maximum atomic E-state index is 12.4. The lowest BCUT2D eigenvalue weighted by molar-refractivity contribution is -0.115. The average molecular weight is 397 g/mol. The fraction of sp³-hybridized carbons (Fsp3) is 0.500. The van der Waals surface area contributed by atoms with Gasteiger partial charge >= 0.3 is 0 Å². The van der Waals surface area contributed by atoms with Crippen molar-refractivity contribution in [3.05, 3.63) is 45.7 Å². The van der Waals surface area contributed by atoms with Crippen molar-refractivity contribution in [1.82, 2.24) is 4.98 Å². The zero-order chi connectivity index (χ0) is 18.1. The number of rotatable bonds is 11. The second kappa shape index (κ2) is 12.0. The average Bonchev–Trinajstić information content (AvgIpc) is 2.59. The molecule has 0 aliphatic carbocycles. The van der Waals surface area contributed by atoms with Crippen LogP contribution in [0.2, 0.25) is 0 Å². The van der Waals surface area contributed by atoms with Gasteiger partial charge in [-0.2, -0.15) is 11.8 Å². The zero-order valence-electron chi connectivity index (χ0n) is 15.4. The van der Waals surface area contributed by atoms with Crippen molar-refractivity contribution in [2.24, 2.45) is 5.73 Å². The number of hydrogen-bond acceptors (Lipinski definition) is 3. The van der Waals surface area contributed by atoms with Crippen LogP contribution in [0.5, 0.6) is 0 Å². The minimum absolute atomic E-state index is 0. The van der Waals surface area contributed by atoms with Gasteiger partial charge in [-0.1, -0.05) is 38.7 Å². The summed E-state index contributed by atoms with van der Waals surface area (Å²) in [6.45, 7) is 2.21. The van der Waals surface area contributed by atoms with E-state index in [2.05, 4.69) is 11.9 Å². The highest BCUT2D eigenvalue weighted by Crippen LogP contribution is 2.15. The molecule has 0 spiro atoms. The summed E-state index contributed by atoms with van der Waals surface area (Å²) in [6.07, 6.45) is 7.90. The fourth-order valence-electron chi connectivity index (χ4n) is 2.92. The van der Waals surface area contributed by atoms with Gasteiger partial charge in [0, 0.05) is 22.7 Å². The number of primary amides is 1. The summed E-state index contributed by atoms with van der Waals surface area (Å²) >= 11 is 1.52. The smallest absolute Gasteiger partial charge is 0.227 e. The van der Waals surface area contributed by atoms with Crippen LogP contribution in [0.25, 0.3) is 10.9 Å². The summed E-state index contributed by atoms with van der Waals surface area (Å²) < 4.78 is 0. The number of benzene rings is 1. The summed E-state index contributed by atoms with van der Waals surface area (Å²) in [7, 11) is 0. The molecule has 2 rings (SSSR count). The monoisotopic (exact) mass is 396 g/mol. The van der Waals surface area contributed by atoms with E-state index < -0.39 is 0 Å². The van der Waals surface area contributed by atoms with Crippen LogP contribution in [0.3, 0.4) is 0 Å².